The minimum Gasteiger partial charge on any atom is -0.360 e. The molecular weight excluding hydrogens is 329 g/mol. The van der Waals surface area contributed by atoms with Gasteiger partial charge in [0, 0.05) is 6.20 Å². The Morgan fingerprint density at radius 1 is 1.33 bits per heavy atom. The Hall–Kier alpha value is -0.680. The van der Waals surface area contributed by atoms with Crippen molar-refractivity contribution >= 4 is 42.8 Å². The molecule has 0 spiro atoms. The highest BCUT2D eigenvalue weighted by atomic mass is 79.9. The summed E-state index contributed by atoms with van der Waals surface area (Å²) in [5.74, 6) is -0.529. The van der Waals surface area contributed by atoms with Crippen LogP contribution < -0.4 is 5.43 Å². The molecule has 0 saturated carbocycles. The van der Waals surface area contributed by atoms with E-state index in [-0.39, 0.29) is 10.8 Å². The van der Waals surface area contributed by atoms with Gasteiger partial charge >= 0.3 is 0 Å². The minimum atomic E-state index is -0.529. The third kappa shape index (κ3) is 1.63. The lowest BCUT2D eigenvalue weighted by Crippen LogP contribution is -2.07. The maximum absolute atomic E-state index is 13.7. The first-order valence-electron chi connectivity index (χ1n) is 4.18. The summed E-state index contributed by atoms with van der Waals surface area (Å²) in [4.78, 5) is 14.6. The number of H-pyrrole nitrogens is 1. The van der Waals surface area contributed by atoms with Gasteiger partial charge in [0.25, 0.3) is 0 Å². The topological polar surface area (TPSA) is 32.9 Å². The molecule has 0 unspecified atom stereocenters. The molecule has 1 heterocycles. The fraction of sp³-hybridized carbons (Fsp3) is 0.100. The van der Waals surface area contributed by atoms with Gasteiger partial charge in [-0.05, 0) is 50.4 Å². The van der Waals surface area contributed by atoms with Gasteiger partial charge < -0.3 is 4.98 Å². The lowest BCUT2D eigenvalue weighted by molar-refractivity contribution is 0.632. The Labute approximate surface area is 102 Å². The number of aromatic nitrogens is 1. The van der Waals surface area contributed by atoms with Gasteiger partial charge in [-0.3, -0.25) is 4.79 Å². The second-order valence-electron chi connectivity index (χ2n) is 3.21. The van der Waals surface area contributed by atoms with Crippen molar-refractivity contribution in [3.8, 4) is 0 Å². The zero-order chi connectivity index (χ0) is 11.2. The molecule has 2 nitrogen and oxygen atoms in total. The van der Waals surface area contributed by atoms with Crippen molar-refractivity contribution in [2.75, 3.05) is 0 Å². The van der Waals surface area contributed by atoms with Crippen LogP contribution in [-0.2, 0) is 0 Å². The standard InChI is InChI=1S/C10H6Br2FNO/c1-4-2-5(11)8(13)7-9(4)14-3-6(12)10(7)15/h2-3H,1H3,(H,14,15). The van der Waals surface area contributed by atoms with Crippen LogP contribution in [0.5, 0.6) is 0 Å². The fourth-order valence-corrected chi connectivity index (χ4v) is 2.33. The molecule has 15 heavy (non-hydrogen) atoms. The Morgan fingerprint density at radius 2 is 2.00 bits per heavy atom. The third-order valence-electron chi connectivity index (χ3n) is 2.20. The van der Waals surface area contributed by atoms with Gasteiger partial charge in [0.15, 0.2) is 5.82 Å². The highest BCUT2D eigenvalue weighted by Crippen LogP contribution is 2.25. The third-order valence-corrected chi connectivity index (χ3v) is 3.37. The SMILES string of the molecule is Cc1cc(Br)c(F)c2c(=O)c(Br)c[nH]c12. The van der Waals surface area contributed by atoms with Gasteiger partial charge in [0.05, 0.1) is 19.8 Å². The van der Waals surface area contributed by atoms with E-state index in [2.05, 4.69) is 36.8 Å². The summed E-state index contributed by atoms with van der Waals surface area (Å²) in [6, 6.07) is 1.64. The first kappa shape index (κ1) is 10.8. The average molecular weight is 335 g/mol. The zero-order valence-corrected chi connectivity index (χ0v) is 10.9. The van der Waals surface area contributed by atoms with E-state index >= 15 is 0 Å². The number of benzene rings is 1. The lowest BCUT2D eigenvalue weighted by Gasteiger charge is -2.05. The smallest absolute Gasteiger partial charge is 0.206 e. The highest BCUT2D eigenvalue weighted by molar-refractivity contribution is 9.10. The van der Waals surface area contributed by atoms with Gasteiger partial charge in [-0.1, -0.05) is 0 Å². The van der Waals surface area contributed by atoms with Crippen molar-refractivity contribution in [1.82, 2.24) is 4.98 Å². The van der Waals surface area contributed by atoms with Gasteiger partial charge in [0.2, 0.25) is 5.43 Å². The molecule has 1 N–H and O–H groups in total. The molecule has 0 aliphatic rings. The molecule has 0 saturated heterocycles. The van der Waals surface area contributed by atoms with Crippen LogP contribution in [0.4, 0.5) is 4.39 Å². The van der Waals surface area contributed by atoms with E-state index in [0.717, 1.165) is 5.56 Å². The molecule has 5 heteroatoms. The number of hydrogen-bond acceptors (Lipinski definition) is 1. The number of rotatable bonds is 0. The molecule has 2 aromatic rings. The Bertz CT molecular complexity index is 606. The number of pyridine rings is 1. The van der Waals surface area contributed by atoms with Crippen LogP contribution in [0.2, 0.25) is 0 Å². The molecule has 0 bridgehead atoms. The number of halogens is 3. The van der Waals surface area contributed by atoms with E-state index in [1.807, 2.05) is 6.92 Å². The summed E-state index contributed by atoms with van der Waals surface area (Å²) in [6.45, 7) is 1.82. The molecule has 2 rings (SSSR count). The van der Waals surface area contributed by atoms with Crippen molar-refractivity contribution in [3.63, 3.8) is 0 Å². The molecule has 0 aliphatic carbocycles. The summed E-state index contributed by atoms with van der Waals surface area (Å²) in [5.41, 5.74) is 1.01. The maximum atomic E-state index is 13.7. The highest BCUT2D eigenvalue weighted by Gasteiger charge is 2.13. The second-order valence-corrected chi connectivity index (χ2v) is 4.91. The molecule has 0 amide bonds. The molecule has 1 aromatic carbocycles. The van der Waals surface area contributed by atoms with Crippen molar-refractivity contribution < 1.29 is 4.39 Å². The van der Waals surface area contributed by atoms with Crippen LogP contribution in [0.15, 0.2) is 26.0 Å². The van der Waals surface area contributed by atoms with E-state index in [9.17, 15) is 9.18 Å². The first-order chi connectivity index (χ1) is 7.02. The van der Waals surface area contributed by atoms with Crippen LogP contribution >= 0.6 is 31.9 Å². The largest absolute Gasteiger partial charge is 0.360 e. The summed E-state index contributed by atoms with van der Waals surface area (Å²) in [7, 11) is 0. The maximum Gasteiger partial charge on any atom is 0.206 e. The lowest BCUT2D eigenvalue weighted by atomic mass is 10.1. The Morgan fingerprint density at radius 3 is 2.67 bits per heavy atom. The van der Waals surface area contributed by atoms with E-state index < -0.39 is 5.82 Å². The Balaban J connectivity index is 3.12. The van der Waals surface area contributed by atoms with Gasteiger partial charge in [0.1, 0.15) is 0 Å². The van der Waals surface area contributed by atoms with E-state index in [1.165, 1.54) is 6.20 Å². The molecule has 0 radical (unpaired) electrons. The molecule has 0 aliphatic heterocycles. The zero-order valence-electron chi connectivity index (χ0n) is 7.70. The number of aryl methyl sites for hydroxylation is 1. The van der Waals surface area contributed by atoms with Crippen LogP contribution in [0, 0.1) is 12.7 Å². The number of fused-ring (bicyclic) bond motifs is 1. The van der Waals surface area contributed by atoms with Crippen molar-refractivity contribution in [1.29, 1.82) is 0 Å². The summed E-state index contributed by atoms with van der Waals surface area (Å²) in [5, 5.41) is 0.0799. The quantitative estimate of drug-likeness (QED) is 0.785. The predicted octanol–water partition coefficient (Wildman–Crippen LogP) is 3.50. The van der Waals surface area contributed by atoms with Crippen molar-refractivity contribution in [2.45, 2.75) is 6.92 Å². The average Bonchev–Trinajstić information content (AvgIpc) is 2.19. The van der Waals surface area contributed by atoms with E-state index in [0.29, 0.717) is 14.5 Å². The van der Waals surface area contributed by atoms with Gasteiger partial charge in [-0.2, -0.15) is 0 Å². The number of aromatic amines is 1. The summed E-state index contributed by atoms with van der Waals surface area (Å²) >= 11 is 6.16. The van der Waals surface area contributed by atoms with Crippen LogP contribution in [-0.4, -0.2) is 4.98 Å². The summed E-state index contributed by atoms with van der Waals surface area (Å²) in [6.07, 6.45) is 1.52. The molecule has 0 atom stereocenters. The van der Waals surface area contributed by atoms with Crippen molar-refractivity contribution in [3.05, 3.63) is 42.8 Å². The van der Waals surface area contributed by atoms with E-state index in [1.54, 1.807) is 6.07 Å². The minimum absolute atomic E-state index is 0.0799. The van der Waals surface area contributed by atoms with Gasteiger partial charge in [-0.25, -0.2) is 4.39 Å². The van der Waals surface area contributed by atoms with E-state index in [4.69, 9.17) is 0 Å². The van der Waals surface area contributed by atoms with Crippen LogP contribution in [0.25, 0.3) is 10.9 Å². The molecular formula is C10H6Br2FNO. The number of nitrogens with one attached hydrogen (secondary N) is 1. The second kappa shape index (κ2) is 3.72. The number of hydrogen-bond donors (Lipinski definition) is 1. The Kier molecular flexibility index (Phi) is 2.68. The van der Waals surface area contributed by atoms with Crippen molar-refractivity contribution in [2.24, 2.45) is 0 Å². The normalized spacial score (nSPS) is 10.9. The van der Waals surface area contributed by atoms with Crippen LogP contribution in [0.1, 0.15) is 5.56 Å². The van der Waals surface area contributed by atoms with Gasteiger partial charge in [-0.15, -0.1) is 0 Å². The monoisotopic (exact) mass is 333 g/mol. The summed E-state index contributed by atoms with van der Waals surface area (Å²) < 4.78 is 14.4. The molecule has 78 valence electrons. The first-order valence-corrected chi connectivity index (χ1v) is 5.76. The molecule has 0 fully saturated rings. The molecule has 1 aromatic heterocycles. The predicted molar refractivity (Wildman–Crippen MR) is 64.7 cm³/mol. The fourth-order valence-electron chi connectivity index (χ4n) is 1.47. The van der Waals surface area contributed by atoms with Crippen LogP contribution in [0.3, 0.4) is 0 Å².